The minimum absolute atomic E-state index is 0.512. The van der Waals surface area contributed by atoms with Crippen LogP contribution < -0.4 is 5.32 Å². The number of rotatable bonds is 8. The predicted octanol–water partition coefficient (Wildman–Crippen LogP) is 5.93. The maximum Gasteiger partial charge on any atom is 0.0400 e. The number of allylic oxidation sites excluding steroid dienone is 4. The summed E-state index contributed by atoms with van der Waals surface area (Å²) in [6.45, 7) is 15.9. The predicted molar refractivity (Wildman–Crippen MR) is 98.7 cm³/mol. The average molecular weight is 297 g/mol. The van der Waals surface area contributed by atoms with Crippen LogP contribution in [0.4, 0.5) is 0 Å². The largest absolute Gasteiger partial charge is 0.381 e. The summed E-state index contributed by atoms with van der Waals surface area (Å²) < 4.78 is 0. The highest BCUT2D eigenvalue weighted by Gasteiger charge is 2.07. The zero-order chi connectivity index (χ0) is 16.5. The van der Waals surface area contributed by atoms with Crippen molar-refractivity contribution in [1.82, 2.24) is 5.32 Å². The molecule has 1 rings (SSSR count). The molecule has 1 unspecified atom stereocenters. The van der Waals surface area contributed by atoms with Crippen LogP contribution in [0, 0.1) is 12.8 Å². The van der Waals surface area contributed by atoms with Gasteiger partial charge in [0.15, 0.2) is 0 Å². The van der Waals surface area contributed by atoms with Gasteiger partial charge in [0.1, 0.15) is 0 Å². The van der Waals surface area contributed by atoms with Crippen molar-refractivity contribution in [1.29, 1.82) is 0 Å². The molecule has 0 aromatic heterocycles. The first-order valence-electron chi connectivity index (χ1n) is 8.31. The molecule has 0 heterocycles. The zero-order valence-corrected chi connectivity index (χ0v) is 14.9. The van der Waals surface area contributed by atoms with Gasteiger partial charge in [0.05, 0.1) is 0 Å². The van der Waals surface area contributed by atoms with E-state index in [4.69, 9.17) is 0 Å². The van der Waals surface area contributed by atoms with Gasteiger partial charge in [-0.1, -0.05) is 68.0 Å². The van der Waals surface area contributed by atoms with E-state index in [1.165, 1.54) is 22.3 Å². The van der Waals surface area contributed by atoms with Crippen LogP contribution in [-0.4, -0.2) is 0 Å². The van der Waals surface area contributed by atoms with Gasteiger partial charge in [-0.25, -0.2) is 0 Å². The molecule has 1 aromatic carbocycles. The molecule has 0 spiro atoms. The molecule has 1 aromatic rings. The van der Waals surface area contributed by atoms with E-state index in [2.05, 4.69) is 82.9 Å². The summed E-state index contributed by atoms with van der Waals surface area (Å²) in [5, 5.41) is 3.44. The fourth-order valence-corrected chi connectivity index (χ4v) is 2.50. The first-order chi connectivity index (χ1) is 10.5. The first kappa shape index (κ1) is 18.3. The molecule has 1 heteroatoms. The average Bonchev–Trinajstić information content (AvgIpc) is 2.51. The fraction of sp³-hybridized carbons (Fsp3) is 0.429. The SMILES string of the molecule is C=C(NCc1ccc(C)cc1)/C(C)=C/C(CC)/C(C)=C\CC. The Bertz CT molecular complexity index is 532. The smallest absolute Gasteiger partial charge is 0.0400 e. The Kier molecular flexibility index (Phi) is 7.73. The van der Waals surface area contributed by atoms with Crippen molar-refractivity contribution in [3.05, 3.63) is 71.0 Å². The third-order valence-corrected chi connectivity index (χ3v) is 4.10. The molecule has 0 aliphatic rings. The lowest BCUT2D eigenvalue weighted by Crippen LogP contribution is -2.13. The molecule has 22 heavy (non-hydrogen) atoms. The summed E-state index contributed by atoms with van der Waals surface area (Å²) in [6.07, 6.45) is 6.89. The van der Waals surface area contributed by atoms with Crippen LogP contribution in [-0.2, 0) is 6.54 Å². The maximum atomic E-state index is 4.18. The van der Waals surface area contributed by atoms with Gasteiger partial charge in [-0.05, 0) is 50.7 Å². The van der Waals surface area contributed by atoms with Gasteiger partial charge < -0.3 is 5.32 Å². The summed E-state index contributed by atoms with van der Waals surface area (Å²) in [6, 6.07) is 8.62. The lowest BCUT2D eigenvalue weighted by Gasteiger charge is -2.15. The van der Waals surface area contributed by atoms with E-state index in [0.29, 0.717) is 5.92 Å². The quantitative estimate of drug-likeness (QED) is 0.463. The van der Waals surface area contributed by atoms with Gasteiger partial charge in [-0.15, -0.1) is 0 Å². The number of hydrogen-bond donors (Lipinski definition) is 1. The fourth-order valence-electron chi connectivity index (χ4n) is 2.50. The van der Waals surface area contributed by atoms with E-state index in [1.54, 1.807) is 0 Å². The van der Waals surface area contributed by atoms with Crippen molar-refractivity contribution in [2.45, 2.75) is 54.0 Å². The summed E-state index contributed by atoms with van der Waals surface area (Å²) >= 11 is 0. The first-order valence-corrected chi connectivity index (χ1v) is 8.31. The Morgan fingerprint density at radius 3 is 2.36 bits per heavy atom. The van der Waals surface area contributed by atoms with Crippen molar-refractivity contribution in [2.75, 3.05) is 0 Å². The number of nitrogens with one attached hydrogen (secondary N) is 1. The van der Waals surface area contributed by atoms with Crippen LogP contribution in [0.1, 0.15) is 51.7 Å². The highest BCUT2D eigenvalue weighted by atomic mass is 14.9. The van der Waals surface area contributed by atoms with Crippen LogP contribution in [0.2, 0.25) is 0 Å². The third kappa shape index (κ3) is 5.93. The summed E-state index contributed by atoms with van der Waals surface area (Å²) in [5.74, 6) is 0.512. The summed E-state index contributed by atoms with van der Waals surface area (Å²) in [5.41, 5.74) is 6.29. The second-order valence-electron chi connectivity index (χ2n) is 6.04. The Labute approximate surface area is 136 Å². The van der Waals surface area contributed by atoms with Crippen molar-refractivity contribution in [3.63, 3.8) is 0 Å². The van der Waals surface area contributed by atoms with E-state index in [-0.39, 0.29) is 0 Å². The molecule has 0 fully saturated rings. The monoisotopic (exact) mass is 297 g/mol. The van der Waals surface area contributed by atoms with E-state index >= 15 is 0 Å². The van der Waals surface area contributed by atoms with E-state index in [0.717, 1.165) is 25.1 Å². The van der Waals surface area contributed by atoms with Gasteiger partial charge in [-0.3, -0.25) is 0 Å². The number of aryl methyl sites for hydroxylation is 1. The number of hydrogen-bond acceptors (Lipinski definition) is 1. The molecule has 0 saturated carbocycles. The van der Waals surface area contributed by atoms with Crippen LogP contribution >= 0.6 is 0 Å². The molecule has 1 N–H and O–H groups in total. The molecule has 0 amide bonds. The maximum absolute atomic E-state index is 4.18. The highest BCUT2D eigenvalue weighted by Crippen LogP contribution is 2.20. The third-order valence-electron chi connectivity index (χ3n) is 4.10. The molecule has 120 valence electrons. The Morgan fingerprint density at radius 2 is 1.82 bits per heavy atom. The highest BCUT2D eigenvalue weighted by molar-refractivity contribution is 5.29. The van der Waals surface area contributed by atoms with Gasteiger partial charge in [0.2, 0.25) is 0 Å². The second-order valence-corrected chi connectivity index (χ2v) is 6.04. The minimum Gasteiger partial charge on any atom is -0.381 e. The Balaban J connectivity index is 2.65. The summed E-state index contributed by atoms with van der Waals surface area (Å²) in [7, 11) is 0. The van der Waals surface area contributed by atoms with Gasteiger partial charge in [0.25, 0.3) is 0 Å². The van der Waals surface area contributed by atoms with Crippen molar-refractivity contribution in [2.24, 2.45) is 5.92 Å². The molecule has 0 saturated heterocycles. The van der Waals surface area contributed by atoms with E-state index < -0.39 is 0 Å². The van der Waals surface area contributed by atoms with Crippen LogP contribution in [0.25, 0.3) is 0 Å². The topological polar surface area (TPSA) is 12.0 Å². The molecule has 1 atom stereocenters. The second kappa shape index (κ2) is 9.30. The van der Waals surface area contributed by atoms with E-state index in [1.807, 2.05) is 0 Å². The Morgan fingerprint density at radius 1 is 1.18 bits per heavy atom. The van der Waals surface area contributed by atoms with Crippen molar-refractivity contribution < 1.29 is 0 Å². The summed E-state index contributed by atoms with van der Waals surface area (Å²) in [4.78, 5) is 0. The van der Waals surface area contributed by atoms with Crippen molar-refractivity contribution >= 4 is 0 Å². The molecular formula is C21H31N. The molecular weight excluding hydrogens is 266 g/mol. The van der Waals surface area contributed by atoms with Crippen LogP contribution in [0.3, 0.4) is 0 Å². The standard InChI is InChI=1S/C21H31N/c1-7-9-17(4)21(8-2)14-18(5)19(6)22-15-20-12-10-16(3)11-13-20/h9-14,21-22H,6-8,15H2,1-5H3/b17-9-,18-14+. The molecule has 0 aliphatic heterocycles. The lowest BCUT2D eigenvalue weighted by atomic mass is 9.94. The van der Waals surface area contributed by atoms with Gasteiger partial charge >= 0.3 is 0 Å². The molecule has 0 radical (unpaired) electrons. The van der Waals surface area contributed by atoms with Crippen LogP contribution in [0.5, 0.6) is 0 Å². The van der Waals surface area contributed by atoms with Gasteiger partial charge in [0, 0.05) is 12.2 Å². The Hall–Kier alpha value is -1.76. The van der Waals surface area contributed by atoms with Gasteiger partial charge in [-0.2, -0.15) is 0 Å². The zero-order valence-electron chi connectivity index (χ0n) is 14.9. The molecule has 0 bridgehead atoms. The molecule has 1 nitrogen and oxygen atoms in total. The minimum atomic E-state index is 0.512. The van der Waals surface area contributed by atoms with Crippen LogP contribution in [0.15, 0.2) is 59.8 Å². The number of benzene rings is 1. The normalized spacial score (nSPS) is 13.9. The van der Waals surface area contributed by atoms with Crippen molar-refractivity contribution in [3.8, 4) is 0 Å². The molecule has 0 aliphatic carbocycles. The lowest BCUT2D eigenvalue weighted by molar-refractivity contribution is 0.713. The van der Waals surface area contributed by atoms with E-state index in [9.17, 15) is 0 Å².